The molecule has 0 aliphatic carbocycles. The Morgan fingerprint density at radius 3 is 2.72 bits per heavy atom. The SMILES string of the molecule is CNC(=O)c1cc(C)nc([C@]2(C)CCCN2C(=O)C2CCOCC2)n1. The van der Waals surface area contributed by atoms with E-state index in [4.69, 9.17) is 4.74 Å². The summed E-state index contributed by atoms with van der Waals surface area (Å²) < 4.78 is 5.38. The fourth-order valence-corrected chi connectivity index (χ4v) is 3.77. The highest BCUT2D eigenvalue weighted by Gasteiger charge is 2.45. The Hall–Kier alpha value is -2.02. The van der Waals surface area contributed by atoms with Crippen molar-refractivity contribution in [2.45, 2.75) is 45.1 Å². The highest BCUT2D eigenvalue weighted by Crippen LogP contribution is 2.38. The number of ether oxygens (including phenoxy) is 1. The number of amides is 2. The minimum atomic E-state index is -0.565. The molecule has 2 aliphatic rings. The van der Waals surface area contributed by atoms with E-state index in [0.717, 1.165) is 31.4 Å². The third-order valence-electron chi connectivity index (χ3n) is 5.27. The zero-order valence-electron chi connectivity index (χ0n) is 15.2. The van der Waals surface area contributed by atoms with E-state index < -0.39 is 5.54 Å². The summed E-state index contributed by atoms with van der Waals surface area (Å²) >= 11 is 0. The van der Waals surface area contributed by atoms with Crippen LogP contribution in [0.15, 0.2) is 6.07 Å². The maximum atomic E-state index is 13.1. The van der Waals surface area contributed by atoms with Crippen molar-refractivity contribution in [3.05, 3.63) is 23.3 Å². The number of nitrogens with one attached hydrogen (secondary N) is 1. The van der Waals surface area contributed by atoms with Gasteiger partial charge in [0.2, 0.25) is 5.91 Å². The number of aryl methyl sites for hydroxylation is 1. The number of carbonyl (C=O) groups excluding carboxylic acids is 2. The Morgan fingerprint density at radius 2 is 2.04 bits per heavy atom. The molecule has 3 rings (SSSR count). The van der Waals surface area contributed by atoms with Crippen molar-refractivity contribution < 1.29 is 14.3 Å². The summed E-state index contributed by atoms with van der Waals surface area (Å²) in [6, 6.07) is 1.67. The molecule has 1 aromatic heterocycles. The average Bonchev–Trinajstić information content (AvgIpc) is 3.03. The van der Waals surface area contributed by atoms with Crippen molar-refractivity contribution in [2.24, 2.45) is 5.92 Å². The van der Waals surface area contributed by atoms with Crippen molar-refractivity contribution in [3.8, 4) is 0 Å². The molecule has 136 valence electrons. The zero-order valence-corrected chi connectivity index (χ0v) is 15.2. The molecule has 25 heavy (non-hydrogen) atoms. The van der Waals surface area contributed by atoms with Crippen LogP contribution in [-0.2, 0) is 15.1 Å². The van der Waals surface area contributed by atoms with Gasteiger partial charge in [-0.2, -0.15) is 0 Å². The Balaban J connectivity index is 1.92. The third-order valence-corrected chi connectivity index (χ3v) is 5.27. The van der Waals surface area contributed by atoms with Gasteiger partial charge < -0.3 is 15.0 Å². The minimum absolute atomic E-state index is 0.00870. The second-order valence-electron chi connectivity index (χ2n) is 7.05. The predicted molar refractivity (Wildman–Crippen MR) is 92.0 cm³/mol. The molecule has 7 heteroatoms. The van der Waals surface area contributed by atoms with Crippen molar-refractivity contribution in [1.82, 2.24) is 20.2 Å². The first-order valence-corrected chi connectivity index (χ1v) is 8.93. The summed E-state index contributed by atoms with van der Waals surface area (Å²) in [5.74, 6) is 0.490. The number of rotatable bonds is 3. The van der Waals surface area contributed by atoms with Crippen molar-refractivity contribution in [1.29, 1.82) is 0 Å². The maximum Gasteiger partial charge on any atom is 0.269 e. The molecule has 0 spiro atoms. The van der Waals surface area contributed by atoms with Gasteiger partial charge in [-0.25, -0.2) is 9.97 Å². The fourth-order valence-electron chi connectivity index (χ4n) is 3.77. The average molecular weight is 346 g/mol. The Morgan fingerprint density at radius 1 is 1.32 bits per heavy atom. The molecule has 1 aromatic rings. The minimum Gasteiger partial charge on any atom is -0.381 e. The van der Waals surface area contributed by atoms with Crippen LogP contribution in [0.2, 0.25) is 0 Å². The number of hydrogen-bond donors (Lipinski definition) is 1. The molecule has 2 amide bonds. The lowest BCUT2D eigenvalue weighted by Crippen LogP contribution is -2.47. The van der Waals surface area contributed by atoms with Gasteiger partial charge in [-0.1, -0.05) is 0 Å². The molecular weight excluding hydrogens is 320 g/mol. The molecule has 0 aromatic carbocycles. The molecule has 0 radical (unpaired) electrons. The van der Waals surface area contributed by atoms with E-state index in [0.29, 0.717) is 31.3 Å². The second-order valence-corrected chi connectivity index (χ2v) is 7.05. The van der Waals surface area contributed by atoms with Gasteiger partial charge in [0.05, 0.1) is 5.54 Å². The van der Waals surface area contributed by atoms with E-state index in [1.54, 1.807) is 13.1 Å². The van der Waals surface area contributed by atoms with Gasteiger partial charge >= 0.3 is 0 Å². The first-order chi connectivity index (χ1) is 12.0. The van der Waals surface area contributed by atoms with Crippen LogP contribution in [0, 0.1) is 12.8 Å². The number of carbonyl (C=O) groups is 2. The van der Waals surface area contributed by atoms with E-state index >= 15 is 0 Å². The van der Waals surface area contributed by atoms with Gasteiger partial charge in [-0.15, -0.1) is 0 Å². The van der Waals surface area contributed by atoms with E-state index in [9.17, 15) is 9.59 Å². The molecule has 7 nitrogen and oxygen atoms in total. The highest BCUT2D eigenvalue weighted by atomic mass is 16.5. The van der Waals surface area contributed by atoms with Gasteiger partial charge in [0.1, 0.15) is 5.69 Å². The smallest absolute Gasteiger partial charge is 0.269 e. The molecule has 3 heterocycles. The zero-order chi connectivity index (χ0) is 18.0. The third kappa shape index (κ3) is 3.38. The van der Waals surface area contributed by atoms with Gasteiger partial charge in [-0.05, 0) is 45.6 Å². The molecule has 2 aliphatic heterocycles. The van der Waals surface area contributed by atoms with E-state index in [1.807, 2.05) is 18.7 Å². The number of nitrogens with zero attached hydrogens (tertiary/aromatic N) is 3. The van der Waals surface area contributed by atoms with Gasteiger partial charge in [0, 0.05) is 38.4 Å². The first kappa shape index (κ1) is 17.8. The molecule has 1 atom stereocenters. The normalized spacial score (nSPS) is 24.4. The maximum absolute atomic E-state index is 13.1. The van der Waals surface area contributed by atoms with E-state index in [1.165, 1.54) is 0 Å². The van der Waals surface area contributed by atoms with Crippen LogP contribution in [0.1, 0.15) is 54.6 Å². The topological polar surface area (TPSA) is 84.4 Å². The highest BCUT2D eigenvalue weighted by molar-refractivity contribution is 5.92. The summed E-state index contributed by atoms with van der Waals surface area (Å²) in [6.45, 7) is 5.85. The van der Waals surface area contributed by atoms with Crippen molar-refractivity contribution in [2.75, 3.05) is 26.8 Å². The van der Waals surface area contributed by atoms with Gasteiger partial charge in [0.25, 0.3) is 5.91 Å². The molecule has 0 bridgehead atoms. The van der Waals surface area contributed by atoms with Gasteiger partial charge in [0.15, 0.2) is 5.82 Å². The monoisotopic (exact) mass is 346 g/mol. The molecular formula is C18H26N4O3. The quantitative estimate of drug-likeness (QED) is 0.894. The molecule has 2 saturated heterocycles. The van der Waals surface area contributed by atoms with Crippen LogP contribution >= 0.6 is 0 Å². The van der Waals surface area contributed by atoms with Crippen LogP contribution < -0.4 is 5.32 Å². The van der Waals surface area contributed by atoms with Crippen molar-refractivity contribution >= 4 is 11.8 Å². The summed E-state index contributed by atoms with van der Waals surface area (Å²) in [5, 5.41) is 2.60. The standard InChI is InChI=1S/C18H26N4O3/c1-12-11-14(15(23)19-3)21-17(20-12)18(2)7-4-8-22(18)16(24)13-5-9-25-10-6-13/h11,13H,4-10H2,1-3H3,(H,19,23)/t18-/m0/s1. The van der Waals surface area contributed by atoms with Crippen LogP contribution in [-0.4, -0.2) is 53.5 Å². The Labute approximate surface area is 148 Å². The Kier molecular flexibility index (Phi) is 5.03. The first-order valence-electron chi connectivity index (χ1n) is 8.93. The molecule has 1 N–H and O–H groups in total. The second kappa shape index (κ2) is 7.07. The van der Waals surface area contributed by atoms with Crippen LogP contribution in [0.4, 0.5) is 0 Å². The van der Waals surface area contributed by atoms with E-state index in [-0.39, 0.29) is 17.7 Å². The number of likely N-dealkylation sites (tertiary alicyclic amines) is 1. The summed E-state index contributed by atoms with van der Waals surface area (Å²) in [5.41, 5.74) is 0.510. The number of aromatic nitrogens is 2. The van der Waals surface area contributed by atoms with E-state index in [2.05, 4.69) is 15.3 Å². The molecule has 2 fully saturated rings. The largest absolute Gasteiger partial charge is 0.381 e. The lowest BCUT2D eigenvalue weighted by atomic mass is 9.93. The lowest BCUT2D eigenvalue weighted by Gasteiger charge is -2.37. The summed E-state index contributed by atoms with van der Waals surface area (Å²) in [4.78, 5) is 36.1. The van der Waals surface area contributed by atoms with Crippen LogP contribution in [0.25, 0.3) is 0 Å². The van der Waals surface area contributed by atoms with Crippen LogP contribution in [0.5, 0.6) is 0 Å². The predicted octanol–water partition coefficient (Wildman–Crippen LogP) is 1.41. The molecule has 0 unspecified atom stereocenters. The summed E-state index contributed by atoms with van der Waals surface area (Å²) in [6.07, 6.45) is 3.25. The lowest BCUT2D eigenvalue weighted by molar-refractivity contribution is -0.143. The Bertz CT molecular complexity index is 672. The van der Waals surface area contributed by atoms with Crippen molar-refractivity contribution in [3.63, 3.8) is 0 Å². The van der Waals surface area contributed by atoms with Crippen LogP contribution in [0.3, 0.4) is 0 Å². The fraction of sp³-hybridized carbons (Fsp3) is 0.667. The summed E-state index contributed by atoms with van der Waals surface area (Å²) in [7, 11) is 1.58. The number of hydrogen-bond acceptors (Lipinski definition) is 5. The molecule has 0 saturated carbocycles. The van der Waals surface area contributed by atoms with Gasteiger partial charge in [-0.3, -0.25) is 9.59 Å².